The maximum absolute atomic E-state index is 3.63. The lowest BCUT2D eigenvalue weighted by atomic mass is 10.0. The molecule has 0 heterocycles. The molecular formula is C13H32N4. The van der Waals surface area contributed by atoms with Crippen LogP contribution >= 0.6 is 0 Å². The van der Waals surface area contributed by atoms with Crippen molar-refractivity contribution in [3.8, 4) is 0 Å². The third-order valence-corrected chi connectivity index (χ3v) is 3.95. The molecule has 0 saturated heterocycles. The third kappa shape index (κ3) is 3.91. The minimum absolute atomic E-state index is 0.0513. The number of hydrogen-bond acceptors (Lipinski definition) is 4. The van der Waals surface area contributed by atoms with E-state index in [-0.39, 0.29) is 5.66 Å². The van der Waals surface area contributed by atoms with Gasteiger partial charge in [-0.25, -0.2) is 10.0 Å². The number of nitrogens with one attached hydrogen (secondary N) is 1. The van der Waals surface area contributed by atoms with Crippen molar-refractivity contribution in [3.05, 3.63) is 0 Å². The predicted octanol–water partition coefficient (Wildman–Crippen LogP) is 1.45. The van der Waals surface area contributed by atoms with E-state index < -0.39 is 0 Å². The zero-order chi connectivity index (χ0) is 13.6. The van der Waals surface area contributed by atoms with Gasteiger partial charge in [0, 0.05) is 26.2 Å². The van der Waals surface area contributed by atoms with Gasteiger partial charge in [-0.1, -0.05) is 20.8 Å². The summed E-state index contributed by atoms with van der Waals surface area (Å²) in [4.78, 5) is 2.27. The van der Waals surface area contributed by atoms with E-state index in [1.807, 2.05) is 0 Å². The van der Waals surface area contributed by atoms with Gasteiger partial charge in [0.05, 0.1) is 5.66 Å². The number of hydrogen-bond donors (Lipinski definition) is 1. The molecule has 1 N–H and O–H groups in total. The molecule has 0 aromatic rings. The minimum Gasteiger partial charge on any atom is -0.303 e. The van der Waals surface area contributed by atoms with Gasteiger partial charge in [0.25, 0.3) is 0 Å². The van der Waals surface area contributed by atoms with Crippen molar-refractivity contribution in [3.63, 3.8) is 0 Å². The van der Waals surface area contributed by atoms with Crippen molar-refractivity contribution in [1.82, 2.24) is 20.2 Å². The van der Waals surface area contributed by atoms with E-state index in [2.05, 4.69) is 76.0 Å². The maximum Gasteiger partial charge on any atom is 0.0970 e. The molecule has 0 saturated carbocycles. The Kier molecular flexibility index (Phi) is 7.24. The summed E-state index contributed by atoms with van der Waals surface area (Å²) in [5.41, 5.74) is -0.0513. The Hall–Kier alpha value is -0.160. The monoisotopic (exact) mass is 244 g/mol. The molecule has 4 nitrogen and oxygen atoms in total. The molecule has 0 amide bonds. The van der Waals surface area contributed by atoms with E-state index in [4.69, 9.17) is 0 Å². The number of nitrogens with zero attached hydrogens (tertiary/aromatic N) is 3. The SMILES string of the molecule is CCNC(C)(C(C)N(C)C)N(C)N(CC)CC. The Labute approximate surface area is 108 Å². The maximum atomic E-state index is 3.63. The summed E-state index contributed by atoms with van der Waals surface area (Å²) in [6.07, 6.45) is 0. The van der Waals surface area contributed by atoms with E-state index in [1.54, 1.807) is 0 Å². The van der Waals surface area contributed by atoms with Gasteiger partial charge in [-0.05, 0) is 34.5 Å². The quantitative estimate of drug-likeness (QED) is 0.515. The molecule has 2 atom stereocenters. The largest absolute Gasteiger partial charge is 0.303 e. The zero-order valence-corrected chi connectivity index (χ0v) is 13.0. The Bertz CT molecular complexity index is 204. The van der Waals surface area contributed by atoms with Crippen LogP contribution in [0.3, 0.4) is 0 Å². The summed E-state index contributed by atoms with van der Waals surface area (Å²) >= 11 is 0. The molecule has 0 aliphatic rings. The molecule has 17 heavy (non-hydrogen) atoms. The lowest BCUT2D eigenvalue weighted by molar-refractivity contribution is -0.118. The van der Waals surface area contributed by atoms with Gasteiger partial charge in [-0.2, -0.15) is 0 Å². The Morgan fingerprint density at radius 3 is 1.82 bits per heavy atom. The molecule has 0 aromatic carbocycles. The number of likely N-dealkylation sites (N-methyl/N-ethyl adjacent to an activating group) is 3. The van der Waals surface area contributed by atoms with Gasteiger partial charge in [0.15, 0.2) is 0 Å². The number of rotatable bonds is 8. The highest BCUT2D eigenvalue weighted by Gasteiger charge is 2.37. The second-order valence-corrected chi connectivity index (χ2v) is 4.98. The summed E-state index contributed by atoms with van der Waals surface area (Å²) in [6, 6.07) is 0.424. The molecule has 0 aliphatic carbocycles. The van der Waals surface area contributed by atoms with E-state index in [1.165, 1.54) is 0 Å². The van der Waals surface area contributed by atoms with Crippen LogP contribution in [0.25, 0.3) is 0 Å². The summed E-state index contributed by atoms with van der Waals surface area (Å²) in [5.74, 6) is 0. The van der Waals surface area contributed by atoms with E-state index in [0.717, 1.165) is 19.6 Å². The van der Waals surface area contributed by atoms with Crippen molar-refractivity contribution in [2.24, 2.45) is 0 Å². The van der Waals surface area contributed by atoms with Crippen molar-refractivity contribution >= 4 is 0 Å². The molecule has 2 unspecified atom stereocenters. The molecule has 4 heteroatoms. The normalized spacial score (nSPS) is 17.8. The van der Waals surface area contributed by atoms with Crippen LogP contribution in [0, 0.1) is 0 Å². The van der Waals surface area contributed by atoms with Crippen LogP contribution in [0.2, 0.25) is 0 Å². The van der Waals surface area contributed by atoms with Crippen LogP contribution in [-0.4, -0.2) is 67.4 Å². The molecule has 0 spiro atoms. The highest BCUT2D eigenvalue weighted by molar-refractivity contribution is 4.90. The standard InChI is InChI=1S/C13H32N4/c1-9-14-13(5,12(4)15(6)7)16(8)17(10-2)11-3/h12,14H,9-11H2,1-8H3. The summed E-state index contributed by atoms with van der Waals surface area (Å²) in [7, 11) is 6.45. The highest BCUT2D eigenvalue weighted by atomic mass is 15.7. The van der Waals surface area contributed by atoms with Crippen LogP contribution < -0.4 is 5.32 Å². The van der Waals surface area contributed by atoms with Crippen LogP contribution in [0.1, 0.15) is 34.6 Å². The van der Waals surface area contributed by atoms with Gasteiger partial charge < -0.3 is 4.90 Å². The fourth-order valence-electron chi connectivity index (χ4n) is 2.33. The van der Waals surface area contributed by atoms with Crippen molar-refractivity contribution in [2.75, 3.05) is 40.8 Å². The summed E-state index contributed by atoms with van der Waals surface area (Å²) in [5, 5.41) is 8.34. The van der Waals surface area contributed by atoms with Crippen molar-refractivity contribution in [2.45, 2.75) is 46.3 Å². The average molecular weight is 244 g/mol. The van der Waals surface area contributed by atoms with Gasteiger partial charge in [-0.15, -0.1) is 0 Å². The smallest absolute Gasteiger partial charge is 0.0970 e. The fraction of sp³-hybridized carbons (Fsp3) is 1.00. The van der Waals surface area contributed by atoms with Gasteiger partial charge in [0.2, 0.25) is 0 Å². The molecular weight excluding hydrogens is 212 g/mol. The Balaban J connectivity index is 5.03. The van der Waals surface area contributed by atoms with E-state index >= 15 is 0 Å². The second kappa shape index (κ2) is 7.31. The third-order valence-electron chi connectivity index (χ3n) is 3.95. The molecule has 104 valence electrons. The second-order valence-electron chi connectivity index (χ2n) is 4.98. The predicted molar refractivity (Wildman–Crippen MR) is 75.9 cm³/mol. The fourth-order valence-corrected chi connectivity index (χ4v) is 2.33. The first-order chi connectivity index (χ1) is 7.84. The zero-order valence-electron chi connectivity index (χ0n) is 13.0. The van der Waals surface area contributed by atoms with Crippen LogP contribution in [0.5, 0.6) is 0 Å². The van der Waals surface area contributed by atoms with Crippen LogP contribution in [-0.2, 0) is 0 Å². The average Bonchev–Trinajstić information content (AvgIpc) is 2.29. The molecule has 0 fully saturated rings. The molecule has 0 aliphatic heterocycles. The molecule has 0 bridgehead atoms. The summed E-state index contributed by atoms with van der Waals surface area (Å²) < 4.78 is 0. The highest BCUT2D eigenvalue weighted by Crippen LogP contribution is 2.20. The lowest BCUT2D eigenvalue weighted by Crippen LogP contribution is -2.68. The Morgan fingerprint density at radius 1 is 1.06 bits per heavy atom. The number of hydrazine groups is 1. The van der Waals surface area contributed by atoms with Crippen molar-refractivity contribution in [1.29, 1.82) is 0 Å². The van der Waals surface area contributed by atoms with Gasteiger partial charge in [0.1, 0.15) is 0 Å². The van der Waals surface area contributed by atoms with Crippen molar-refractivity contribution < 1.29 is 0 Å². The summed E-state index contributed by atoms with van der Waals surface area (Å²) in [6.45, 7) is 14.2. The first kappa shape index (κ1) is 16.8. The molecule has 0 aromatic heterocycles. The Morgan fingerprint density at radius 2 is 1.53 bits per heavy atom. The van der Waals surface area contributed by atoms with E-state index in [9.17, 15) is 0 Å². The van der Waals surface area contributed by atoms with Crippen LogP contribution in [0.15, 0.2) is 0 Å². The first-order valence-electron chi connectivity index (χ1n) is 6.75. The van der Waals surface area contributed by atoms with Crippen LogP contribution in [0.4, 0.5) is 0 Å². The van der Waals surface area contributed by atoms with E-state index in [0.29, 0.717) is 6.04 Å². The minimum atomic E-state index is -0.0513. The molecule has 0 radical (unpaired) electrons. The lowest BCUT2D eigenvalue weighted by Gasteiger charge is -2.50. The topological polar surface area (TPSA) is 21.8 Å². The first-order valence-corrected chi connectivity index (χ1v) is 6.75. The molecule has 0 rings (SSSR count). The van der Waals surface area contributed by atoms with Gasteiger partial charge in [-0.3, -0.25) is 5.32 Å². The van der Waals surface area contributed by atoms with Gasteiger partial charge >= 0.3 is 0 Å².